The minimum absolute atomic E-state index is 0.0135. The van der Waals surface area contributed by atoms with Crippen molar-refractivity contribution in [2.24, 2.45) is 0 Å². The number of benzene rings is 3. The number of Topliss-reactive ketones (excluding diaryl/α,β-unsaturated/α-hetero) is 1. The Kier molecular flexibility index (Phi) is 6.42. The van der Waals surface area contributed by atoms with E-state index in [-0.39, 0.29) is 11.3 Å². The van der Waals surface area contributed by atoms with E-state index >= 15 is 0 Å². The third-order valence-corrected chi connectivity index (χ3v) is 6.22. The number of aliphatic hydroxyl groups is 1. The highest BCUT2D eigenvalue weighted by Gasteiger charge is 2.47. The molecule has 35 heavy (non-hydrogen) atoms. The molecule has 1 heterocycles. The Morgan fingerprint density at radius 3 is 2.06 bits per heavy atom. The molecule has 1 amide bonds. The number of anilines is 1. The molecule has 3 aromatic carbocycles. The van der Waals surface area contributed by atoms with Crippen LogP contribution in [-0.4, -0.2) is 37.0 Å². The Hall–Kier alpha value is -4.39. The van der Waals surface area contributed by atoms with Crippen LogP contribution in [0.5, 0.6) is 5.75 Å². The zero-order valence-corrected chi connectivity index (χ0v) is 19.9. The number of hydrogen-bond acceptors (Lipinski definition) is 6. The Morgan fingerprint density at radius 2 is 1.49 bits per heavy atom. The monoisotopic (exact) mass is 471 g/mol. The van der Waals surface area contributed by atoms with Gasteiger partial charge in [0, 0.05) is 11.3 Å². The van der Waals surface area contributed by atoms with E-state index in [2.05, 4.69) is 0 Å². The zero-order chi connectivity index (χ0) is 25.3. The SMILES string of the molecule is COC(=O)c1ccc(N2C(=O)C(=O)/C(=C(\O)c3ccc(C)c(C)c3)C2c2ccc(OC)cc2)cc1. The maximum atomic E-state index is 13.3. The number of esters is 1. The molecule has 0 radical (unpaired) electrons. The highest BCUT2D eigenvalue weighted by Crippen LogP contribution is 2.42. The van der Waals surface area contributed by atoms with Gasteiger partial charge in [-0.15, -0.1) is 0 Å². The van der Waals surface area contributed by atoms with Gasteiger partial charge in [0.15, 0.2) is 0 Å². The molecular formula is C28H25NO6. The predicted molar refractivity (Wildman–Crippen MR) is 131 cm³/mol. The van der Waals surface area contributed by atoms with Crippen molar-refractivity contribution in [3.05, 3.63) is 100 Å². The van der Waals surface area contributed by atoms with E-state index in [1.165, 1.54) is 24.1 Å². The third-order valence-electron chi connectivity index (χ3n) is 6.22. The summed E-state index contributed by atoms with van der Waals surface area (Å²) in [6.45, 7) is 3.86. The minimum Gasteiger partial charge on any atom is -0.507 e. The number of aliphatic hydroxyl groups excluding tert-OH is 1. The molecule has 0 aliphatic carbocycles. The lowest BCUT2D eigenvalue weighted by molar-refractivity contribution is -0.132. The summed E-state index contributed by atoms with van der Waals surface area (Å²) >= 11 is 0. The Balaban J connectivity index is 1.90. The fourth-order valence-corrected chi connectivity index (χ4v) is 4.12. The molecule has 4 rings (SSSR count). The second-order valence-corrected chi connectivity index (χ2v) is 8.28. The molecule has 7 nitrogen and oxygen atoms in total. The van der Waals surface area contributed by atoms with Gasteiger partial charge in [-0.25, -0.2) is 4.79 Å². The smallest absolute Gasteiger partial charge is 0.337 e. The molecule has 1 saturated heterocycles. The van der Waals surface area contributed by atoms with Crippen LogP contribution in [0.25, 0.3) is 5.76 Å². The molecule has 1 unspecified atom stereocenters. The van der Waals surface area contributed by atoms with Crippen LogP contribution in [0.15, 0.2) is 72.3 Å². The molecule has 0 spiro atoms. The van der Waals surface area contributed by atoms with Gasteiger partial charge in [-0.3, -0.25) is 14.5 Å². The number of amides is 1. The van der Waals surface area contributed by atoms with E-state index < -0.39 is 23.7 Å². The molecule has 0 aromatic heterocycles. The average Bonchev–Trinajstić information content (AvgIpc) is 3.15. The number of aryl methyl sites for hydroxylation is 2. The summed E-state index contributed by atoms with van der Waals surface area (Å²) in [5.41, 5.74) is 3.75. The van der Waals surface area contributed by atoms with Gasteiger partial charge >= 0.3 is 5.97 Å². The largest absolute Gasteiger partial charge is 0.507 e. The molecule has 0 saturated carbocycles. The summed E-state index contributed by atoms with van der Waals surface area (Å²) in [5.74, 6) is -1.72. The van der Waals surface area contributed by atoms with Crippen LogP contribution in [0.1, 0.15) is 38.7 Å². The fraction of sp³-hybridized carbons (Fsp3) is 0.179. The lowest BCUT2D eigenvalue weighted by atomic mass is 9.94. The van der Waals surface area contributed by atoms with E-state index in [9.17, 15) is 19.5 Å². The highest BCUT2D eigenvalue weighted by molar-refractivity contribution is 6.51. The van der Waals surface area contributed by atoms with Gasteiger partial charge in [0.05, 0.1) is 31.4 Å². The number of rotatable bonds is 5. The second kappa shape index (κ2) is 9.46. The maximum absolute atomic E-state index is 13.3. The highest BCUT2D eigenvalue weighted by atomic mass is 16.5. The minimum atomic E-state index is -0.883. The number of ether oxygens (including phenoxy) is 2. The van der Waals surface area contributed by atoms with Gasteiger partial charge in [-0.2, -0.15) is 0 Å². The maximum Gasteiger partial charge on any atom is 0.337 e. The Morgan fingerprint density at radius 1 is 0.857 bits per heavy atom. The fourth-order valence-electron chi connectivity index (χ4n) is 4.12. The zero-order valence-electron chi connectivity index (χ0n) is 19.9. The number of nitrogens with zero attached hydrogens (tertiary/aromatic N) is 1. The first-order valence-electron chi connectivity index (χ1n) is 11.0. The Bertz CT molecular complexity index is 1340. The lowest BCUT2D eigenvalue weighted by Crippen LogP contribution is -2.29. The van der Waals surface area contributed by atoms with Crippen molar-refractivity contribution in [3.63, 3.8) is 0 Å². The van der Waals surface area contributed by atoms with Crippen LogP contribution in [0.4, 0.5) is 5.69 Å². The summed E-state index contributed by atoms with van der Waals surface area (Å²) < 4.78 is 9.99. The summed E-state index contributed by atoms with van der Waals surface area (Å²) in [7, 11) is 2.83. The topological polar surface area (TPSA) is 93.1 Å². The summed E-state index contributed by atoms with van der Waals surface area (Å²) in [4.78, 5) is 39.7. The molecule has 0 bridgehead atoms. The van der Waals surface area contributed by atoms with Crippen LogP contribution in [0.2, 0.25) is 0 Å². The van der Waals surface area contributed by atoms with Gasteiger partial charge in [-0.05, 0) is 73.0 Å². The van der Waals surface area contributed by atoms with Crippen molar-refractivity contribution in [2.75, 3.05) is 19.1 Å². The van der Waals surface area contributed by atoms with Crippen LogP contribution in [0.3, 0.4) is 0 Å². The molecule has 1 atom stereocenters. The molecule has 1 N–H and O–H groups in total. The first-order chi connectivity index (χ1) is 16.8. The standard InChI is InChI=1S/C28H25NO6/c1-16-5-6-20(15-17(16)2)25(30)23-24(18-9-13-22(34-3)14-10-18)29(27(32)26(23)31)21-11-7-19(8-12-21)28(33)35-4/h5-15,24,30H,1-4H3/b25-23-. The van der Waals surface area contributed by atoms with Gasteiger partial charge in [0.1, 0.15) is 11.5 Å². The number of methoxy groups -OCH3 is 2. The molecule has 7 heteroatoms. The van der Waals surface area contributed by atoms with Crippen molar-refractivity contribution in [1.29, 1.82) is 0 Å². The molecule has 1 fully saturated rings. The normalized spacial score (nSPS) is 16.9. The summed E-state index contributed by atoms with van der Waals surface area (Å²) in [6.07, 6.45) is 0. The van der Waals surface area contributed by atoms with E-state index in [1.807, 2.05) is 19.9 Å². The van der Waals surface area contributed by atoms with Gasteiger partial charge in [-0.1, -0.05) is 24.3 Å². The molecular weight excluding hydrogens is 446 g/mol. The molecule has 3 aromatic rings. The molecule has 1 aliphatic rings. The Labute approximate surface area is 203 Å². The third kappa shape index (κ3) is 4.28. The van der Waals surface area contributed by atoms with Crippen LogP contribution < -0.4 is 9.64 Å². The van der Waals surface area contributed by atoms with Gasteiger partial charge < -0.3 is 14.6 Å². The number of carbonyl (C=O) groups excluding carboxylic acids is 3. The first kappa shape index (κ1) is 23.8. The van der Waals surface area contributed by atoms with Crippen molar-refractivity contribution in [3.8, 4) is 5.75 Å². The first-order valence-corrected chi connectivity index (χ1v) is 11.0. The number of carbonyl (C=O) groups is 3. The van der Waals surface area contributed by atoms with Gasteiger partial charge in [0.25, 0.3) is 11.7 Å². The van der Waals surface area contributed by atoms with E-state index in [1.54, 1.807) is 55.6 Å². The van der Waals surface area contributed by atoms with Crippen LogP contribution in [-0.2, 0) is 14.3 Å². The van der Waals surface area contributed by atoms with Crippen molar-refractivity contribution >= 4 is 29.1 Å². The number of hydrogen-bond donors (Lipinski definition) is 1. The molecule has 178 valence electrons. The van der Waals surface area contributed by atoms with E-state index in [4.69, 9.17) is 9.47 Å². The average molecular weight is 472 g/mol. The summed E-state index contributed by atoms with van der Waals surface area (Å²) in [5, 5.41) is 11.3. The number of ketones is 1. The molecule has 1 aliphatic heterocycles. The lowest BCUT2D eigenvalue weighted by Gasteiger charge is -2.25. The van der Waals surface area contributed by atoms with Crippen LogP contribution >= 0.6 is 0 Å². The quantitative estimate of drug-likeness (QED) is 0.250. The van der Waals surface area contributed by atoms with E-state index in [0.29, 0.717) is 28.1 Å². The van der Waals surface area contributed by atoms with Crippen molar-refractivity contribution in [2.45, 2.75) is 19.9 Å². The van der Waals surface area contributed by atoms with Gasteiger partial charge in [0.2, 0.25) is 0 Å². The van der Waals surface area contributed by atoms with E-state index in [0.717, 1.165) is 11.1 Å². The van der Waals surface area contributed by atoms with Crippen molar-refractivity contribution in [1.82, 2.24) is 0 Å². The summed E-state index contributed by atoms with van der Waals surface area (Å²) in [6, 6.07) is 17.6. The van der Waals surface area contributed by atoms with Crippen LogP contribution in [0, 0.1) is 13.8 Å². The predicted octanol–water partition coefficient (Wildman–Crippen LogP) is 4.72. The second-order valence-electron chi connectivity index (χ2n) is 8.28. The van der Waals surface area contributed by atoms with Crippen molar-refractivity contribution < 1.29 is 29.0 Å².